The van der Waals surface area contributed by atoms with Gasteiger partial charge in [0.1, 0.15) is 0 Å². The van der Waals surface area contributed by atoms with Crippen LogP contribution in [0.1, 0.15) is 81.5 Å². The Kier molecular flexibility index (Phi) is 11.5. The summed E-state index contributed by atoms with van der Waals surface area (Å²) >= 11 is -4.53. The van der Waals surface area contributed by atoms with Crippen LogP contribution in [0.15, 0.2) is 167 Å². The average Bonchev–Trinajstić information content (AvgIpc) is 3.56. The van der Waals surface area contributed by atoms with Gasteiger partial charge in [-0.05, 0) is 0 Å². The maximum absolute atomic E-state index is 8.23. The van der Waals surface area contributed by atoms with Gasteiger partial charge < -0.3 is 0 Å². The Morgan fingerprint density at radius 1 is 0.536 bits per heavy atom. The van der Waals surface area contributed by atoms with Crippen LogP contribution >= 0.6 is 0 Å². The number of nitrogens with zero attached hydrogens (tertiary/aromatic N) is 2. The van der Waals surface area contributed by atoms with Crippen molar-refractivity contribution in [3.63, 3.8) is 0 Å². The van der Waals surface area contributed by atoms with Crippen molar-refractivity contribution in [2.45, 2.75) is 72.6 Å². The minimum absolute atomic E-state index is 0.270. The van der Waals surface area contributed by atoms with E-state index in [9.17, 15) is 0 Å². The molecule has 1 aromatic heterocycles. The average molecular weight is 819 g/mol. The summed E-state index contributed by atoms with van der Waals surface area (Å²) in [6, 6.07) is 58.8. The van der Waals surface area contributed by atoms with Gasteiger partial charge in [-0.3, -0.25) is 0 Å². The van der Waals surface area contributed by atoms with E-state index < -0.39 is 21.5 Å². The summed E-state index contributed by atoms with van der Waals surface area (Å²) in [5.41, 5.74) is 13.3. The molecule has 0 spiro atoms. The molecule has 0 aliphatic rings. The van der Waals surface area contributed by atoms with Gasteiger partial charge in [-0.1, -0.05) is 0 Å². The van der Waals surface area contributed by atoms with E-state index in [4.69, 9.17) is 6.89 Å². The molecule has 0 aliphatic carbocycles. The normalized spacial score (nSPS) is 12.8. The van der Waals surface area contributed by atoms with Crippen LogP contribution in [0.2, 0.25) is 0 Å². The molecule has 284 valence electrons. The molecule has 0 aliphatic heterocycles. The second kappa shape index (κ2) is 16.5. The molecule has 7 rings (SSSR count). The summed E-state index contributed by atoms with van der Waals surface area (Å²) in [4.78, 5) is 0. The molecule has 0 saturated carbocycles. The molecule has 0 radical (unpaired) electrons. The van der Waals surface area contributed by atoms with Crippen molar-refractivity contribution in [3.8, 4) is 39.1 Å². The van der Waals surface area contributed by atoms with Crippen molar-refractivity contribution >= 4 is 10.1 Å². The van der Waals surface area contributed by atoms with Gasteiger partial charge in [-0.2, -0.15) is 0 Å². The predicted octanol–water partition coefficient (Wildman–Crippen LogP) is 14.6. The van der Waals surface area contributed by atoms with E-state index in [2.05, 4.69) is 227 Å². The van der Waals surface area contributed by atoms with Crippen molar-refractivity contribution in [3.05, 3.63) is 192 Å². The molecule has 7 aromatic rings. The third kappa shape index (κ3) is 8.02. The number of rotatable bonds is 11. The zero-order valence-corrected chi connectivity index (χ0v) is 36.0. The molecule has 0 saturated heterocycles. The van der Waals surface area contributed by atoms with Crippen molar-refractivity contribution in [2.24, 2.45) is 3.50 Å². The Hall–Kier alpha value is -5.24. The number of hydrogen-bond acceptors (Lipinski definition) is 2. The van der Waals surface area contributed by atoms with E-state index in [1.807, 2.05) is 0 Å². The van der Waals surface area contributed by atoms with E-state index in [1.165, 1.54) is 16.7 Å². The van der Waals surface area contributed by atoms with Crippen LogP contribution in [0.3, 0.4) is 0 Å². The Bertz CT molecular complexity index is 2450. The van der Waals surface area contributed by atoms with Gasteiger partial charge in [0.05, 0.1) is 0 Å². The topological polar surface area (TPSA) is 26.5 Å². The quantitative estimate of drug-likeness (QED) is 0.119. The first-order valence-corrected chi connectivity index (χ1v) is 23.5. The molecule has 4 heteroatoms. The van der Waals surface area contributed by atoms with Crippen molar-refractivity contribution in [1.29, 1.82) is 0 Å². The fourth-order valence-corrected chi connectivity index (χ4v) is 15.4. The Labute approximate surface area is 338 Å². The van der Waals surface area contributed by atoms with E-state index >= 15 is 0 Å². The maximum atomic E-state index is 8.23. The molecule has 0 amide bonds. The first kappa shape index (κ1) is 39.0. The van der Waals surface area contributed by atoms with Crippen LogP contribution in [-0.2, 0) is 21.5 Å². The second-order valence-corrected chi connectivity index (χ2v) is 20.9. The minimum atomic E-state index is -4.53. The van der Waals surface area contributed by atoms with Gasteiger partial charge in [-0.25, -0.2) is 0 Å². The van der Waals surface area contributed by atoms with Crippen molar-refractivity contribution < 1.29 is 19.4 Å². The monoisotopic (exact) mass is 820 g/mol. The van der Waals surface area contributed by atoms with Gasteiger partial charge in [0.25, 0.3) is 0 Å². The molecule has 6 aromatic carbocycles. The molecular formula is C52H54MoN2O. The Morgan fingerprint density at radius 2 is 0.964 bits per heavy atom. The van der Waals surface area contributed by atoms with Crippen LogP contribution in [0, 0.1) is 13.8 Å². The Morgan fingerprint density at radius 3 is 1.41 bits per heavy atom. The van der Waals surface area contributed by atoms with E-state index in [0.29, 0.717) is 0 Å². The number of benzene rings is 6. The molecule has 1 unspecified atom stereocenters. The van der Waals surface area contributed by atoms with Gasteiger partial charge >= 0.3 is 340 Å². The summed E-state index contributed by atoms with van der Waals surface area (Å²) in [6.07, 6.45) is 0. The third-order valence-corrected chi connectivity index (χ3v) is 17.6. The summed E-state index contributed by atoms with van der Waals surface area (Å²) in [7, 11) is 0. The van der Waals surface area contributed by atoms with Crippen LogP contribution in [0.25, 0.3) is 33.4 Å². The molecule has 3 nitrogen and oxygen atoms in total. The van der Waals surface area contributed by atoms with Crippen molar-refractivity contribution in [1.82, 2.24) is 3.13 Å². The number of aromatic nitrogens is 1. The van der Waals surface area contributed by atoms with Crippen LogP contribution < -0.4 is 3.39 Å². The van der Waals surface area contributed by atoms with Crippen LogP contribution in [0.5, 0.6) is 5.75 Å². The SMILES string of the molecule is Cc1ccc(C)[n]1[Mo](=[CH]C(C)(C)c1ccccc1)(=[N]c1c(C(C)C)cccc1C(C)C)[O]c1c(-c2ccccc2)cc(-c2ccccc2)cc1-c1ccccc1. The standard InChI is InChI=1S/C24H18O.C12H17N.C10H12.C6H8N.Mo/c25-24-22(19-12-6-2-7-13-19)16-21(18-10-4-1-5-11-18)17-23(24)20-14-8-3-9-15-20;1-8(2)10-6-5-7-11(9(3)4)12(10)13;1-10(2,3)9-7-5-4-6-8-9;1-5-3-4-6(2)7-5;/h1-17,25H;5-9H,1-4H3;1,4-8H,2-3H3;3-4H,1-2H3;/q;;;-1;+2/p-1. The summed E-state index contributed by atoms with van der Waals surface area (Å²) < 4.78 is 19.5. The van der Waals surface area contributed by atoms with Gasteiger partial charge in [-0.15, -0.1) is 0 Å². The van der Waals surface area contributed by atoms with Gasteiger partial charge in [0.2, 0.25) is 0 Å². The fraction of sp³-hybridized carbons (Fsp3) is 0.212. The van der Waals surface area contributed by atoms with E-state index in [-0.39, 0.29) is 11.8 Å². The molecule has 56 heavy (non-hydrogen) atoms. The number of hydrogen-bond donors (Lipinski definition) is 0. The van der Waals surface area contributed by atoms with E-state index in [1.54, 1.807) is 0 Å². The molecule has 0 fully saturated rings. The summed E-state index contributed by atoms with van der Waals surface area (Å²) in [6.45, 7) is 18.2. The second-order valence-electron chi connectivity index (χ2n) is 15.9. The predicted molar refractivity (Wildman–Crippen MR) is 235 cm³/mol. The van der Waals surface area contributed by atoms with Gasteiger partial charge in [0, 0.05) is 0 Å². The first-order valence-electron chi connectivity index (χ1n) is 19.8. The van der Waals surface area contributed by atoms with Crippen molar-refractivity contribution in [2.75, 3.05) is 0 Å². The summed E-state index contributed by atoms with van der Waals surface area (Å²) in [5, 5.41) is 0. The number of aryl methyl sites for hydroxylation is 2. The van der Waals surface area contributed by atoms with Gasteiger partial charge in [0.15, 0.2) is 0 Å². The summed E-state index contributed by atoms with van der Waals surface area (Å²) in [5.74, 6) is 1.39. The zero-order chi connectivity index (χ0) is 39.5. The Balaban J connectivity index is 1.70. The van der Waals surface area contributed by atoms with Crippen LogP contribution in [0.4, 0.5) is 5.69 Å². The molecular weight excluding hydrogens is 765 g/mol. The third-order valence-electron chi connectivity index (χ3n) is 10.6. The molecule has 1 heterocycles. The van der Waals surface area contributed by atoms with E-state index in [0.717, 1.165) is 56.2 Å². The molecule has 0 bridgehead atoms. The zero-order valence-electron chi connectivity index (χ0n) is 34.0. The fourth-order valence-electron chi connectivity index (χ4n) is 7.64. The van der Waals surface area contributed by atoms with Crippen LogP contribution in [-0.4, -0.2) is 7.53 Å². The first-order chi connectivity index (χ1) is 27.0. The molecule has 0 N–H and O–H groups in total. The molecule has 1 atom stereocenters.